The smallest absolute Gasteiger partial charge is 0.382 e. The minimum atomic E-state index is -4.36. The van der Waals surface area contributed by atoms with Gasteiger partial charge in [-0.15, -0.1) is 5.10 Å². The molecule has 8 heteroatoms. The third kappa shape index (κ3) is 4.91. The minimum absolute atomic E-state index is 0.242. The van der Waals surface area contributed by atoms with Gasteiger partial charge in [0.25, 0.3) is 0 Å². The van der Waals surface area contributed by atoms with Crippen molar-refractivity contribution in [3.63, 3.8) is 0 Å². The highest BCUT2D eigenvalue weighted by atomic mass is 19.4. The summed E-state index contributed by atoms with van der Waals surface area (Å²) in [5, 5.41) is 8.67. The number of alkyl halides is 3. The number of rotatable bonds is 6. The molecule has 2 aromatic rings. The van der Waals surface area contributed by atoms with Crippen LogP contribution in [0.25, 0.3) is 0 Å². The molecule has 0 unspecified atom stereocenters. The van der Waals surface area contributed by atoms with Crippen molar-refractivity contribution < 1.29 is 13.2 Å². The number of benzene rings is 2. The zero-order chi connectivity index (χ0) is 19.4. The Morgan fingerprint density at radius 2 is 1.78 bits per heavy atom. The third-order valence-electron chi connectivity index (χ3n) is 4.60. The summed E-state index contributed by atoms with van der Waals surface area (Å²) in [6.07, 6.45) is -0.847. The predicted octanol–water partition coefficient (Wildman–Crippen LogP) is 4.05. The number of nitrogens with zero attached hydrogens (tertiary/aromatic N) is 2. The average Bonchev–Trinajstić information content (AvgIpc) is 2.58. The van der Waals surface area contributed by atoms with Gasteiger partial charge in [0, 0.05) is 16.9 Å². The van der Waals surface area contributed by atoms with Crippen LogP contribution in [0.3, 0.4) is 0 Å². The van der Waals surface area contributed by atoms with Crippen molar-refractivity contribution in [1.29, 1.82) is 0 Å². The van der Waals surface area contributed by atoms with Crippen LogP contribution in [0.15, 0.2) is 53.6 Å². The van der Waals surface area contributed by atoms with Crippen LogP contribution < -0.4 is 16.9 Å². The standard InChI is InChI=1S/C19H22F3N5/c20-19(21,22)14-8-10-15(11-9-14)25-17-7-2-1-6-16(17)18(23)26-27(24)12-13-4-3-5-13/h1-2,6-11,13,25H,3-5,12,24H2,(H2,23,26). The second kappa shape index (κ2) is 7.87. The van der Waals surface area contributed by atoms with Gasteiger partial charge in [-0.05, 0) is 55.2 Å². The minimum Gasteiger partial charge on any atom is -0.382 e. The Kier molecular flexibility index (Phi) is 5.55. The number of amidine groups is 1. The van der Waals surface area contributed by atoms with Crippen LogP contribution >= 0.6 is 0 Å². The zero-order valence-corrected chi connectivity index (χ0v) is 14.7. The molecule has 1 fully saturated rings. The van der Waals surface area contributed by atoms with Gasteiger partial charge < -0.3 is 11.1 Å². The molecule has 1 aliphatic rings. The molecule has 0 amide bonds. The van der Waals surface area contributed by atoms with Gasteiger partial charge in [-0.1, -0.05) is 18.6 Å². The third-order valence-corrected chi connectivity index (χ3v) is 4.60. The maximum Gasteiger partial charge on any atom is 0.416 e. The molecule has 27 heavy (non-hydrogen) atoms. The number of nitrogens with two attached hydrogens (primary N) is 2. The van der Waals surface area contributed by atoms with Crippen LogP contribution in [0.5, 0.6) is 0 Å². The normalized spacial score (nSPS) is 15.3. The Bertz CT molecular complexity index is 798. The van der Waals surface area contributed by atoms with Crippen molar-refractivity contribution in [1.82, 2.24) is 5.12 Å². The van der Waals surface area contributed by atoms with E-state index in [9.17, 15) is 13.2 Å². The molecule has 0 aromatic heterocycles. The molecular weight excluding hydrogens is 355 g/mol. The summed E-state index contributed by atoms with van der Waals surface area (Å²) in [5.41, 5.74) is 7.19. The van der Waals surface area contributed by atoms with Crippen molar-refractivity contribution in [2.75, 3.05) is 11.9 Å². The lowest BCUT2D eigenvalue weighted by Crippen LogP contribution is -2.36. The predicted molar refractivity (Wildman–Crippen MR) is 100 cm³/mol. The molecule has 1 aliphatic carbocycles. The van der Waals surface area contributed by atoms with Gasteiger partial charge in [0.2, 0.25) is 0 Å². The van der Waals surface area contributed by atoms with Gasteiger partial charge in [-0.2, -0.15) is 13.2 Å². The number of halogens is 3. The van der Waals surface area contributed by atoms with Crippen molar-refractivity contribution in [2.45, 2.75) is 25.4 Å². The number of hydrogen-bond acceptors (Lipinski definition) is 4. The molecule has 0 radical (unpaired) electrons. The van der Waals surface area contributed by atoms with Gasteiger partial charge in [-0.3, -0.25) is 0 Å². The Balaban J connectivity index is 1.75. The molecule has 0 saturated heterocycles. The summed E-state index contributed by atoms with van der Waals surface area (Å²) in [5.74, 6) is 6.71. The highest BCUT2D eigenvalue weighted by molar-refractivity contribution is 6.02. The summed E-state index contributed by atoms with van der Waals surface area (Å²) in [7, 11) is 0. The molecule has 1 saturated carbocycles. The maximum atomic E-state index is 12.7. The van der Waals surface area contributed by atoms with Crippen LogP contribution in [-0.4, -0.2) is 17.5 Å². The first-order valence-electron chi connectivity index (χ1n) is 8.73. The van der Waals surface area contributed by atoms with E-state index in [1.165, 1.54) is 23.7 Å². The van der Waals surface area contributed by atoms with Gasteiger partial charge in [0.15, 0.2) is 5.84 Å². The van der Waals surface area contributed by atoms with Crippen LogP contribution in [-0.2, 0) is 6.18 Å². The molecule has 3 rings (SSSR count). The van der Waals surface area contributed by atoms with E-state index in [2.05, 4.69) is 10.4 Å². The van der Waals surface area contributed by atoms with E-state index in [0.29, 0.717) is 29.4 Å². The summed E-state index contributed by atoms with van der Waals surface area (Å²) < 4.78 is 38.1. The molecule has 5 nitrogen and oxygen atoms in total. The molecule has 144 valence electrons. The van der Waals surface area contributed by atoms with Crippen LogP contribution in [0, 0.1) is 5.92 Å². The quantitative estimate of drug-likeness (QED) is 0.307. The second-order valence-electron chi connectivity index (χ2n) is 6.65. The summed E-state index contributed by atoms with van der Waals surface area (Å²) in [6.45, 7) is 0.648. The lowest BCUT2D eigenvalue weighted by Gasteiger charge is -2.28. The highest BCUT2D eigenvalue weighted by Gasteiger charge is 2.30. The van der Waals surface area contributed by atoms with E-state index in [-0.39, 0.29) is 5.84 Å². The Labute approximate surface area is 155 Å². The highest BCUT2D eigenvalue weighted by Crippen LogP contribution is 2.31. The summed E-state index contributed by atoms with van der Waals surface area (Å²) in [4.78, 5) is 0. The molecule has 0 spiro atoms. The number of hydrogen-bond donors (Lipinski definition) is 3. The van der Waals surface area contributed by atoms with E-state index in [0.717, 1.165) is 25.0 Å². The summed E-state index contributed by atoms with van der Waals surface area (Å²) >= 11 is 0. The molecular formula is C19H22F3N5. The van der Waals surface area contributed by atoms with Crippen molar-refractivity contribution in [3.05, 3.63) is 59.7 Å². The van der Waals surface area contributed by atoms with Crippen molar-refractivity contribution in [2.24, 2.45) is 22.6 Å². The van der Waals surface area contributed by atoms with Crippen molar-refractivity contribution >= 4 is 17.2 Å². The number of anilines is 2. The van der Waals surface area contributed by atoms with Gasteiger partial charge in [0.1, 0.15) is 0 Å². The molecule has 0 heterocycles. The second-order valence-corrected chi connectivity index (χ2v) is 6.65. The van der Waals surface area contributed by atoms with E-state index >= 15 is 0 Å². The van der Waals surface area contributed by atoms with Crippen molar-refractivity contribution in [3.8, 4) is 0 Å². The van der Waals surface area contributed by atoms with Crippen LogP contribution in [0.2, 0.25) is 0 Å². The molecule has 0 atom stereocenters. The number of hydrazone groups is 1. The maximum absolute atomic E-state index is 12.7. The van der Waals surface area contributed by atoms with Gasteiger partial charge in [0.05, 0.1) is 12.1 Å². The van der Waals surface area contributed by atoms with Gasteiger partial charge in [-0.25, -0.2) is 11.0 Å². The molecule has 0 aliphatic heterocycles. The number of nitrogens with one attached hydrogen (secondary N) is 1. The SMILES string of the molecule is N/C(=N\N(N)CC1CCC1)c1ccccc1Nc1ccc(C(F)(F)F)cc1. The molecule has 2 aromatic carbocycles. The Hall–Kier alpha value is -2.74. The van der Waals surface area contributed by atoms with E-state index in [4.69, 9.17) is 11.6 Å². The number of hydrazine groups is 1. The fourth-order valence-electron chi connectivity index (χ4n) is 2.89. The van der Waals surface area contributed by atoms with Gasteiger partial charge >= 0.3 is 6.18 Å². The number of para-hydroxylation sites is 1. The van der Waals surface area contributed by atoms with E-state index < -0.39 is 11.7 Å². The first-order chi connectivity index (χ1) is 12.8. The van der Waals surface area contributed by atoms with Crippen LogP contribution in [0.4, 0.5) is 24.5 Å². The topological polar surface area (TPSA) is 79.7 Å². The monoisotopic (exact) mass is 377 g/mol. The Morgan fingerprint density at radius 1 is 1.11 bits per heavy atom. The van der Waals surface area contributed by atoms with Crippen LogP contribution in [0.1, 0.15) is 30.4 Å². The summed E-state index contributed by atoms with van der Waals surface area (Å²) in [6, 6.07) is 12.0. The molecule has 0 bridgehead atoms. The average molecular weight is 377 g/mol. The largest absolute Gasteiger partial charge is 0.416 e. The van der Waals surface area contributed by atoms with E-state index in [1.54, 1.807) is 18.2 Å². The first-order valence-corrected chi connectivity index (χ1v) is 8.73. The lowest BCUT2D eigenvalue weighted by atomic mass is 9.86. The Morgan fingerprint density at radius 3 is 2.37 bits per heavy atom. The first kappa shape index (κ1) is 19.0. The molecule has 5 N–H and O–H groups in total. The van der Waals surface area contributed by atoms with E-state index in [1.807, 2.05) is 6.07 Å². The fraction of sp³-hybridized carbons (Fsp3) is 0.316. The zero-order valence-electron chi connectivity index (χ0n) is 14.7. The fourth-order valence-corrected chi connectivity index (χ4v) is 2.89. The lowest BCUT2D eigenvalue weighted by molar-refractivity contribution is -0.137.